The molecule has 3 N–H and O–H groups in total. The molecule has 9 heteroatoms. The number of amides is 3. The van der Waals surface area contributed by atoms with Gasteiger partial charge in [0.2, 0.25) is 11.8 Å². The Hall–Kier alpha value is -4.53. The number of Topliss-reactive ketones (excluding diaryl/α,β-unsaturated/α-hetero) is 1. The van der Waals surface area contributed by atoms with Gasteiger partial charge >= 0.3 is 6.09 Å². The number of carbonyl (C=O) groups excluding carboxylic acids is 4. The Bertz CT molecular complexity index is 1280. The molecule has 3 aromatic rings. The highest BCUT2D eigenvalue weighted by molar-refractivity contribution is 5.92. The number of nitrogens with one attached hydrogen (secondary N) is 3. The molecule has 1 saturated carbocycles. The maximum Gasteiger partial charge on any atom is 0.408 e. The summed E-state index contributed by atoms with van der Waals surface area (Å²) in [6.07, 6.45) is 3.61. The van der Waals surface area contributed by atoms with E-state index >= 15 is 0 Å². The van der Waals surface area contributed by atoms with Crippen molar-refractivity contribution in [2.24, 2.45) is 5.92 Å². The van der Waals surface area contributed by atoms with Crippen LogP contribution in [0.4, 0.5) is 4.79 Å². The second-order valence-corrected chi connectivity index (χ2v) is 9.56. The van der Waals surface area contributed by atoms with Gasteiger partial charge in [-0.3, -0.25) is 19.4 Å². The lowest BCUT2D eigenvalue weighted by Crippen LogP contribution is -2.49. The second-order valence-electron chi connectivity index (χ2n) is 9.56. The Labute approximate surface area is 227 Å². The van der Waals surface area contributed by atoms with E-state index in [-0.39, 0.29) is 37.8 Å². The number of benzene rings is 2. The summed E-state index contributed by atoms with van der Waals surface area (Å²) in [4.78, 5) is 54.0. The van der Waals surface area contributed by atoms with Crippen molar-refractivity contribution in [2.45, 2.75) is 38.3 Å². The number of ether oxygens (including phenoxy) is 1. The van der Waals surface area contributed by atoms with Gasteiger partial charge in [-0.25, -0.2) is 4.79 Å². The van der Waals surface area contributed by atoms with E-state index in [0.717, 1.165) is 35.2 Å². The van der Waals surface area contributed by atoms with Crippen LogP contribution in [0.25, 0.3) is 11.3 Å². The number of pyridine rings is 1. The second kappa shape index (κ2) is 13.9. The zero-order valence-electron chi connectivity index (χ0n) is 21.6. The summed E-state index contributed by atoms with van der Waals surface area (Å²) in [7, 11) is 0. The Morgan fingerprint density at radius 1 is 0.872 bits per heavy atom. The molecule has 3 amide bonds. The van der Waals surface area contributed by atoms with Gasteiger partial charge in [0.1, 0.15) is 12.6 Å². The summed E-state index contributed by atoms with van der Waals surface area (Å²) in [5, 5.41) is 7.80. The number of ketones is 1. The van der Waals surface area contributed by atoms with Crippen LogP contribution in [0.2, 0.25) is 0 Å². The van der Waals surface area contributed by atoms with Crippen LogP contribution in [-0.2, 0) is 32.1 Å². The van der Waals surface area contributed by atoms with Gasteiger partial charge in [-0.15, -0.1) is 0 Å². The Kier molecular flexibility index (Phi) is 9.77. The van der Waals surface area contributed by atoms with Gasteiger partial charge < -0.3 is 20.7 Å². The number of hydrogen-bond donors (Lipinski definition) is 3. The van der Waals surface area contributed by atoms with Crippen molar-refractivity contribution in [3.05, 3.63) is 90.1 Å². The Balaban J connectivity index is 1.19. The summed E-state index contributed by atoms with van der Waals surface area (Å²) in [5.74, 6) is -0.746. The fourth-order valence-electron chi connectivity index (χ4n) is 4.02. The molecule has 4 rings (SSSR count). The van der Waals surface area contributed by atoms with Crippen LogP contribution in [-0.4, -0.2) is 47.8 Å². The molecule has 1 heterocycles. The standard InChI is InChI=1S/C30H32N4O5/c35-25(18-32-28(36)17-23-9-6-10-24(15-23)26-11-4-5-14-31-26)19-33-29(37)27(16-21-12-13-21)34-30(38)39-20-22-7-2-1-3-8-22/h1-11,14-15,21,27H,12-13,16-20H2,(H,32,36)(H,33,37)(H,34,38)/t27-/m0/s1. The molecule has 0 radical (unpaired) electrons. The molecule has 0 bridgehead atoms. The first-order valence-electron chi connectivity index (χ1n) is 13.0. The lowest BCUT2D eigenvalue weighted by Gasteiger charge is -2.18. The highest BCUT2D eigenvalue weighted by atomic mass is 16.5. The smallest absolute Gasteiger partial charge is 0.408 e. The Morgan fingerprint density at radius 2 is 1.62 bits per heavy atom. The predicted molar refractivity (Wildman–Crippen MR) is 145 cm³/mol. The summed E-state index contributed by atoms with van der Waals surface area (Å²) < 4.78 is 5.23. The van der Waals surface area contributed by atoms with Gasteiger partial charge in [0.15, 0.2) is 5.78 Å². The van der Waals surface area contributed by atoms with E-state index in [2.05, 4.69) is 20.9 Å². The molecule has 39 heavy (non-hydrogen) atoms. The van der Waals surface area contributed by atoms with Crippen molar-refractivity contribution in [1.82, 2.24) is 20.9 Å². The van der Waals surface area contributed by atoms with Crippen LogP contribution in [0.3, 0.4) is 0 Å². The van der Waals surface area contributed by atoms with E-state index in [1.165, 1.54) is 0 Å². The van der Waals surface area contributed by atoms with Crippen molar-refractivity contribution in [1.29, 1.82) is 0 Å². The molecule has 202 valence electrons. The number of nitrogens with zero attached hydrogens (tertiary/aromatic N) is 1. The van der Waals surface area contributed by atoms with E-state index in [9.17, 15) is 19.2 Å². The van der Waals surface area contributed by atoms with Crippen molar-refractivity contribution in [3.8, 4) is 11.3 Å². The molecule has 9 nitrogen and oxygen atoms in total. The van der Waals surface area contributed by atoms with Crippen molar-refractivity contribution in [3.63, 3.8) is 0 Å². The first-order chi connectivity index (χ1) is 19.0. The molecule has 1 aliphatic carbocycles. The molecule has 0 saturated heterocycles. The van der Waals surface area contributed by atoms with Gasteiger partial charge in [0, 0.05) is 11.8 Å². The van der Waals surface area contributed by atoms with Crippen LogP contribution in [0, 0.1) is 5.92 Å². The molecule has 0 spiro atoms. The van der Waals surface area contributed by atoms with Gasteiger partial charge in [-0.05, 0) is 41.7 Å². The molecule has 1 aliphatic rings. The molecule has 1 fully saturated rings. The lowest BCUT2D eigenvalue weighted by atomic mass is 10.1. The predicted octanol–water partition coefficient (Wildman–Crippen LogP) is 3.19. The molecular weight excluding hydrogens is 496 g/mol. The maximum absolute atomic E-state index is 12.7. The van der Waals surface area contributed by atoms with Crippen molar-refractivity contribution >= 4 is 23.7 Å². The number of aromatic nitrogens is 1. The average molecular weight is 529 g/mol. The monoisotopic (exact) mass is 528 g/mol. The van der Waals surface area contributed by atoms with Crippen LogP contribution < -0.4 is 16.0 Å². The molecule has 1 atom stereocenters. The van der Waals surface area contributed by atoms with E-state index in [1.807, 2.05) is 72.8 Å². The summed E-state index contributed by atoms with van der Waals surface area (Å²) in [6, 6.07) is 21.6. The van der Waals surface area contributed by atoms with E-state index in [0.29, 0.717) is 12.3 Å². The molecule has 0 unspecified atom stereocenters. The normalized spacial score (nSPS) is 13.1. The van der Waals surface area contributed by atoms with Crippen molar-refractivity contribution < 1.29 is 23.9 Å². The molecule has 0 aliphatic heterocycles. The number of hydrogen-bond acceptors (Lipinski definition) is 6. The van der Waals surface area contributed by atoms with E-state index in [1.54, 1.807) is 6.20 Å². The number of rotatable bonds is 13. The zero-order valence-corrected chi connectivity index (χ0v) is 21.6. The third kappa shape index (κ3) is 9.37. The van der Waals surface area contributed by atoms with Crippen LogP contribution in [0.15, 0.2) is 79.0 Å². The third-order valence-electron chi connectivity index (χ3n) is 6.28. The average Bonchev–Trinajstić information content (AvgIpc) is 3.79. The molecular formula is C30H32N4O5. The van der Waals surface area contributed by atoms with Crippen molar-refractivity contribution in [2.75, 3.05) is 13.1 Å². The van der Waals surface area contributed by atoms with Gasteiger partial charge in [0.25, 0.3) is 0 Å². The molecule has 2 aromatic carbocycles. The topological polar surface area (TPSA) is 126 Å². The van der Waals surface area contributed by atoms with Crippen LogP contribution in [0.1, 0.15) is 30.4 Å². The minimum atomic E-state index is -0.797. The zero-order chi connectivity index (χ0) is 27.5. The molecule has 1 aromatic heterocycles. The van der Waals surface area contributed by atoms with E-state index in [4.69, 9.17) is 4.74 Å². The minimum absolute atomic E-state index is 0.0933. The quantitative estimate of drug-likeness (QED) is 0.313. The van der Waals surface area contributed by atoms with Gasteiger partial charge in [-0.1, -0.05) is 67.4 Å². The number of carbonyl (C=O) groups is 4. The first-order valence-corrected chi connectivity index (χ1v) is 13.0. The fraction of sp³-hybridized carbons (Fsp3) is 0.300. The van der Waals surface area contributed by atoms with Gasteiger partial charge in [0.05, 0.1) is 25.2 Å². The highest BCUT2D eigenvalue weighted by Crippen LogP contribution is 2.33. The first kappa shape index (κ1) is 27.5. The maximum atomic E-state index is 12.7. The summed E-state index contributed by atoms with van der Waals surface area (Å²) >= 11 is 0. The van der Waals surface area contributed by atoms with Crippen LogP contribution in [0.5, 0.6) is 0 Å². The summed E-state index contributed by atoms with van der Waals surface area (Å²) in [6.45, 7) is -0.370. The third-order valence-corrected chi connectivity index (χ3v) is 6.28. The largest absolute Gasteiger partial charge is 0.445 e. The van der Waals surface area contributed by atoms with Gasteiger partial charge in [-0.2, -0.15) is 0 Å². The fourth-order valence-corrected chi connectivity index (χ4v) is 4.02. The minimum Gasteiger partial charge on any atom is -0.445 e. The number of alkyl carbamates (subject to hydrolysis) is 1. The van der Waals surface area contributed by atoms with Crippen LogP contribution >= 0.6 is 0 Å². The lowest BCUT2D eigenvalue weighted by molar-refractivity contribution is -0.127. The summed E-state index contributed by atoms with van der Waals surface area (Å²) in [5.41, 5.74) is 3.34. The van der Waals surface area contributed by atoms with E-state index < -0.39 is 18.0 Å². The highest BCUT2D eigenvalue weighted by Gasteiger charge is 2.31. The SMILES string of the molecule is O=C(CNC(=O)Cc1cccc(-c2ccccn2)c1)CNC(=O)[C@H](CC1CC1)NC(=O)OCc1ccccc1. The Morgan fingerprint density at radius 3 is 2.36 bits per heavy atom.